The molecule has 3 heteroatoms. The molecule has 15 heavy (non-hydrogen) atoms. The third-order valence-corrected chi connectivity index (χ3v) is 2.37. The van der Waals surface area contributed by atoms with Crippen LogP contribution in [0.4, 0.5) is 0 Å². The first-order chi connectivity index (χ1) is 7.02. The van der Waals surface area contributed by atoms with Crippen molar-refractivity contribution in [2.45, 2.75) is 59.5 Å². The molecule has 0 rings (SSSR count). The van der Waals surface area contributed by atoms with Crippen molar-refractivity contribution in [1.82, 2.24) is 5.32 Å². The molecule has 0 aliphatic carbocycles. The summed E-state index contributed by atoms with van der Waals surface area (Å²) in [5.74, 6) is 0.212. The van der Waals surface area contributed by atoms with Gasteiger partial charge in [-0.1, -0.05) is 34.1 Å². The van der Waals surface area contributed by atoms with Crippen LogP contribution in [0.1, 0.15) is 47.5 Å². The number of esters is 1. The molecule has 0 saturated carbocycles. The minimum atomic E-state index is -0.162. The molecule has 0 heterocycles. The van der Waals surface area contributed by atoms with Gasteiger partial charge in [0.1, 0.15) is 6.04 Å². The Balaban J connectivity index is 4.34. The molecule has 0 aromatic carbocycles. The lowest BCUT2D eigenvalue weighted by atomic mass is 9.96. The van der Waals surface area contributed by atoms with Gasteiger partial charge in [0.15, 0.2) is 0 Å². The number of hydrogen-bond acceptors (Lipinski definition) is 3. The number of ether oxygens (including phenoxy) is 1. The number of rotatable bonds is 7. The normalized spacial score (nSPS) is 15.1. The van der Waals surface area contributed by atoms with Gasteiger partial charge < -0.3 is 10.1 Å². The number of carbonyl (C=O) groups is 1. The van der Waals surface area contributed by atoms with Crippen molar-refractivity contribution in [1.29, 1.82) is 0 Å². The summed E-state index contributed by atoms with van der Waals surface area (Å²) in [4.78, 5) is 11.7. The molecule has 0 bridgehead atoms. The molecule has 0 aromatic rings. The summed E-state index contributed by atoms with van der Waals surface area (Å²) in [7, 11) is 0. The van der Waals surface area contributed by atoms with Crippen molar-refractivity contribution in [3.8, 4) is 0 Å². The van der Waals surface area contributed by atoms with Crippen LogP contribution in [0.3, 0.4) is 0 Å². The van der Waals surface area contributed by atoms with Crippen molar-refractivity contribution in [3.63, 3.8) is 0 Å². The molecule has 0 aromatic heterocycles. The third-order valence-electron chi connectivity index (χ3n) is 2.37. The highest BCUT2D eigenvalue weighted by atomic mass is 16.5. The Morgan fingerprint density at radius 1 is 1.27 bits per heavy atom. The van der Waals surface area contributed by atoms with E-state index in [2.05, 4.69) is 19.2 Å². The SMILES string of the molecule is CCCC(C)C(NC(C)C)C(=O)OCC. The predicted octanol–water partition coefficient (Wildman–Crippen LogP) is 2.35. The Morgan fingerprint density at radius 2 is 1.87 bits per heavy atom. The monoisotopic (exact) mass is 215 g/mol. The van der Waals surface area contributed by atoms with E-state index in [-0.39, 0.29) is 12.0 Å². The molecule has 2 unspecified atom stereocenters. The standard InChI is InChI=1S/C12H25NO2/c1-6-8-10(5)11(13-9(3)4)12(14)15-7-2/h9-11,13H,6-8H2,1-5H3. The molecule has 0 spiro atoms. The van der Waals surface area contributed by atoms with E-state index in [1.165, 1.54) is 0 Å². The van der Waals surface area contributed by atoms with Gasteiger partial charge in [0.25, 0.3) is 0 Å². The van der Waals surface area contributed by atoms with Gasteiger partial charge in [-0.15, -0.1) is 0 Å². The molecule has 3 nitrogen and oxygen atoms in total. The molecule has 0 radical (unpaired) electrons. The van der Waals surface area contributed by atoms with Crippen LogP contribution in [-0.4, -0.2) is 24.7 Å². The zero-order valence-electron chi connectivity index (χ0n) is 10.7. The second-order valence-corrected chi connectivity index (χ2v) is 4.32. The van der Waals surface area contributed by atoms with Crippen LogP contribution in [-0.2, 0) is 9.53 Å². The maximum Gasteiger partial charge on any atom is 0.323 e. The van der Waals surface area contributed by atoms with Gasteiger partial charge >= 0.3 is 5.97 Å². The van der Waals surface area contributed by atoms with Crippen molar-refractivity contribution >= 4 is 5.97 Å². The highest BCUT2D eigenvalue weighted by molar-refractivity contribution is 5.76. The van der Waals surface area contributed by atoms with E-state index in [9.17, 15) is 4.79 Å². The third kappa shape index (κ3) is 5.78. The predicted molar refractivity (Wildman–Crippen MR) is 62.8 cm³/mol. The van der Waals surface area contributed by atoms with Gasteiger partial charge in [-0.05, 0) is 19.3 Å². The van der Waals surface area contributed by atoms with E-state index in [0.717, 1.165) is 12.8 Å². The zero-order chi connectivity index (χ0) is 11.8. The van der Waals surface area contributed by atoms with Crippen LogP contribution in [0.25, 0.3) is 0 Å². The van der Waals surface area contributed by atoms with E-state index in [0.29, 0.717) is 18.6 Å². The average molecular weight is 215 g/mol. The molecular formula is C12H25NO2. The van der Waals surface area contributed by atoms with Crippen LogP contribution in [0.15, 0.2) is 0 Å². The largest absolute Gasteiger partial charge is 0.465 e. The summed E-state index contributed by atoms with van der Waals surface area (Å²) in [5, 5.41) is 3.27. The highest BCUT2D eigenvalue weighted by Gasteiger charge is 2.25. The van der Waals surface area contributed by atoms with Crippen molar-refractivity contribution < 1.29 is 9.53 Å². The van der Waals surface area contributed by atoms with Gasteiger partial charge in [0.05, 0.1) is 6.61 Å². The second kappa shape index (κ2) is 7.69. The minimum Gasteiger partial charge on any atom is -0.465 e. The Kier molecular flexibility index (Phi) is 7.39. The maximum atomic E-state index is 11.7. The minimum absolute atomic E-state index is 0.118. The molecule has 0 aliphatic heterocycles. The van der Waals surface area contributed by atoms with Crippen LogP contribution in [0, 0.1) is 5.92 Å². The van der Waals surface area contributed by atoms with E-state index < -0.39 is 0 Å². The fourth-order valence-electron chi connectivity index (χ4n) is 1.68. The fraction of sp³-hybridized carbons (Fsp3) is 0.917. The molecule has 1 N–H and O–H groups in total. The van der Waals surface area contributed by atoms with Gasteiger partial charge in [-0.3, -0.25) is 4.79 Å². The first-order valence-electron chi connectivity index (χ1n) is 5.95. The molecule has 0 saturated heterocycles. The molecule has 90 valence electrons. The number of hydrogen-bond donors (Lipinski definition) is 1. The fourth-order valence-corrected chi connectivity index (χ4v) is 1.68. The summed E-state index contributed by atoms with van der Waals surface area (Å²) < 4.78 is 5.07. The Bertz CT molecular complexity index is 180. The Hall–Kier alpha value is -0.570. The first kappa shape index (κ1) is 14.4. The van der Waals surface area contributed by atoms with Crippen LogP contribution in [0.2, 0.25) is 0 Å². The molecule has 0 amide bonds. The van der Waals surface area contributed by atoms with Gasteiger partial charge in [-0.25, -0.2) is 0 Å². The summed E-state index contributed by atoms with van der Waals surface area (Å²) in [5.41, 5.74) is 0. The summed E-state index contributed by atoms with van der Waals surface area (Å²) in [6.07, 6.45) is 2.14. The lowest BCUT2D eigenvalue weighted by Crippen LogP contribution is -2.46. The highest BCUT2D eigenvalue weighted by Crippen LogP contribution is 2.12. The topological polar surface area (TPSA) is 38.3 Å². The van der Waals surface area contributed by atoms with Gasteiger partial charge in [0, 0.05) is 6.04 Å². The molecular weight excluding hydrogens is 190 g/mol. The van der Waals surface area contributed by atoms with E-state index in [1.54, 1.807) is 0 Å². The first-order valence-corrected chi connectivity index (χ1v) is 5.95. The summed E-state index contributed by atoms with van der Waals surface area (Å²) in [6, 6.07) is 0.142. The number of carbonyl (C=O) groups excluding carboxylic acids is 1. The Labute approximate surface area is 93.6 Å². The van der Waals surface area contributed by atoms with E-state index >= 15 is 0 Å². The second-order valence-electron chi connectivity index (χ2n) is 4.32. The average Bonchev–Trinajstić information content (AvgIpc) is 2.14. The van der Waals surface area contributed by atoms with E-state index in [1.807, 2.05) is 20.8 Å². The number of nitrogens with one attached hydrogen (secondary N) is 1. The van der Waals surface area contributed by atoms with E-state index in [4.69, 9.17) is 4.74 Å². The Morgan fingerprint density at radius 3 is 2.27 bits per heavy atom. The zero-order valence-corrected chi connectivity index (χ0v) is 10.7. The summed E-state index contributed by atoms with van der Waals surface area (Å²) >= 11 is 0. The lowest BCUT2D eigenvalue weighted by Gasteiger charge is -2.25. The van der Waals surface area contributed by atoms with Crippen LogP contribution in [0.5, 0.6) is 0 Å². The van der Waals surface area contributed by atoms with Crippen molar-refractivity contribution in [2.24, 2.45) is 5.92 Å². The van der Waals surface area contributed by atoms with Gasteiger partial charge in [-0.2, -0.15) is 0 Å². The molecule has 0 fully saturated rings. The van der Waals surface area contributed by atoms with Crippen LogP contribution >= 0.6 is 0 Å². The quantitative estimate of drug-likeness (QED) is 0.662. The lowest BCUT2D eigenvalue weighted by molar-refractivity contribution is -0.147. The van der Waals surface area contributed by atoms with Crippen molar-refractivity contribution in [2.75, 3.05) is 6.61 Å². The van der Waals surface area contributed by atoms with Crippen LogP contribution < -0.4 is 5.32 Å². The van der Waals surface area contributed by atoms with Crippen molar-refractivity contribution in [3.05, 3.63) is 0 Å². The molecule has 0 aliphatic rings. The molecule has 2 atom stereocenters. The summed E-state index contributed by atoms with van der Waals surface area (Å²) in [6.45, 7) is 10.6. The van der Waals surface area contributed by atoms with Gasteiger partial charge in [0.2, 0.25) is 0 Å². The smallest absolute Gasteiger partial charge is 0.323 e. The maximum absolute atomic E-state index is 11.7.